The van der Waals surface area contributed by atoms with Gasteiger partial charge in [-0.2, -0.15) is 0 Å². The summed E-state index contributed by atoms with van der Waals surface area (Å²) in [4.78, 5) is 1.25. The lowest BCUT2D eigenvalue weighted by Crippen LogP contribution is -1.94. The fourth-order valence-electron chi connectivity index (χ4n) is 1.42. The Morgan fingerprint density at radius 1 is 1.31 bits per heavy atom. The van der Waals surface area contributed by atoms with E-state index in [1.165, 1.54) is 4.90 Å². The zero-order valence-corrected chi connectivity index (χ0v) is 10.8. The molecule has 0 heterocycles. The van der Waals surface area contributed by atoms with Crippen molar-refractivity contribution < 1.29 is 9.84 Å². The summed E-state index contributed by atoms with van der Waals surface area (Å²) in [6.07, 6.45) is 1.51. The van der Waals surface area contributed by atoms with Crippen molar-refractivity contribution in [2.45, 2.75) is 30.8 Å². The number of aliphatic hydroxyl groups excluding tert-OH is 1. The summed E-state index contributed by atoms with van der Waals surface area (Å²) < 4.78 is 5.00. The van der Waals surface area contributed by atoms with Gasteiger partial charge >= 0.3 is 0 Å². The predicted octanol–water partition coefficient (Wildman–Crippen LogP) is 3.26. The van der Waals surface area contributed by atoms with E-state index in [0.717, 1.165) is 30.8 Å². The number of ether oxygens (including phenoxy) is 1. The molecule has 0 bridgehead atoms. The molecule has 0 aliphatic carbocycles. The van der Waals surface area contributed by atoms with Crippen molar-refractivity contribution in [1.82, 2.24) is 0 Å². The smallest absolute Gasteiger partial charge is 0.0787 e. The average Bonchev–Trinajstić information content (AvgIpc) is 2.34. The average molecular weight is 240 g/mol. The van der Waals surface area contributed by atoms with E-state index in [0.29, 0.717) is 0 Å². The maximum atomic E-state index is 9.64. The first-order valence-electron chi connectivity index (χ1n) is 5.67. The number of hydrogen-bond donors (Lipinski definition) is 1. The summed E-state index contributed by atoms with van der Waals surface area (Å²) in [6, 6.07) is 8.16. The Bertz CT molecular complexity index is 284. The van der Waals surface area contributed by atoms with Gasteiger partial charge in [-0.15, -0.1) is 11.8 Å². The van der Waals surface area contributed by atoms with Crippen LogP contribution in [-0.2, 0) is 4.74 Å². The lowest BCUT2D eigenvalue weighted by Gasteiger charge is -2.08. The van der Waals surface area contributed by atoms with Gasteiger partial charge in [0.2, 0.25) is 0 Å². The van der Waals surface area contributed by atoms with Gasteiger partial charge in [0.05, 0.1) is 6.10 Å². The van der Waals surface area contributed by atoms with Crippen LogP contribution in [0.4, 0.5) is 0 Å². The van der Waals surface area contributed by atoms with Crippen molar-refractivity contribution in [1.29, 1.82) is 0 Å². The van der Waals surface area contributed by atoms with Crippen LogP contribution in [0.1, 0.15) is 31.4 Å². The molecule has 1 aromatic rings. The topological polar surface area (TPSA) is 29.5 Å². The van der Waals surface area contributed by atoms with E-state index >= 15 is 0 Å². The second-order valence-corrected chi connectivity index (χ2v) is 4.86. The monoisotopic (exact) mass is 240 g/mol. The van der Waals surface area contributed by atoms with Gasteiger partial charge in [-0.1, -0.05) is 19.1 Å². The Kier molecular flexibility index (Phi) is 6.53. The Morgan fingerprint density at radius 2 is 2.00 bits per heavy atom. The van der Waals surface area contributed by atoms with Crippen LogP contribution in [0.3, 0.4) is 0 Å². The fourth-order valence-corrected chi connectivity index (χ4v) is 2.24. The molecule has 0 saturated heterocycles. The third-order valence-electron chi connectivity index (χ3n) is 2.41. The van der Waals surface area contributed by atoms with E-state index in [2.05, 4.69) is 12.1 Å². The van der Waals surface area contributed by atoms with Crippen molar-refractivity contribution in [2.75, 3.05) is 19.5 Å². The lowest BCUT2D eigenvalue weighted by molar-refractivity contribution is 0.173. The van der Waals surface area contributed by atoms with Gasteiger partial charge in [0.15, 0.2) is 0 Å². The highest BCUT2D eigenvalue weighted by atomic mass is 32.2. The summed E-state index contributed by atoms with van der Waals surface area (Å²) in [6.45, 7) is 2.80. The standard InChI is InChI=1S/C13H20O2S/c1-3-13(14)11-5-7-12(8-6-11)16-10-4-9-15-2/h5-8,13-14H,3-4,9-10H2,1-2H3/t13-/m1/s1. The van der Waals surface area contributed by atoms with Gasteiger partial charge in [-0.05, 0) is 30.5 Å². The molecule has 0 aliphatic rings. The Labute approximate surface area is 102 Å². The van der Waals surface area contributed by atoms with Gasteiger partial charge in [-0.3, -0.25) is 0 Å². The number of rotatable bonds is 7. The largest absolute Gasteiger partial charge is 0.388 e. The molecule has 90 valence electrons. The summed E-state index contributed by atoms with van der Waals surface area (Å²) in [5.74, 6) is 1.07. The van der Waals surface area contributed by atoms with Gasteiger partial charge in [0, 0.05) is 24.4 Å². The summed E-state index contributed by atoms with van der Waals surface area (Å²) >= 11 is 1.83. The molecule has 3 heteroatoms. The van der Waals surface area contributed by atoms with Crippen molar-refractivity contribution in [2.24, 2.45) is 0 Å². The molecule has 1 N–H and O–H groups in total. The molecule has 0 saturated carbocycles. The quantitative estimate of drug-likeness (QED) is 0.586. The van der Waals surface area contributed by atoms with Crippen molar-refractivity contribution in [3.05, 3.63) is 29.8 Å². The van der Waals surface area contributed by atoms with E-state index in [4.69, 9.17) is 4.74 Å². The predicted molar refractivity (Wildman–Crippen MR) is 68.9 cm³/mol. The lowest BCUT2D eigenvalue weighted by atomic mass is 10.1. The van der Waals surface area contributed by atoms with Crippen molar-refractivity contribution >= 4 is 11.8 Å². The number of thioether (sulfide) groups is 1. The SMILES string of the molecule is CC[C@@H](O)c1ccc(SCCCOC)cc1. The molecule has 1 rings (SSSR count). The molecule has 0 radical (unpaired) electrons. The molecular weight excluding hydrogens is 220 g/mol. The first-order chi connectivity index (χ1) is 7.77. The van der Waals surface area contributed by atoms with E-state index in [1.807, 2.05) is 30.8 Å². The van der Waals surface area contributed by atoms with Gasteiger partial charge in [-0.25, -0.2) is 0 Å². The minimum absolute atomic E-state index is 0.326. The molecule has 1 atom stereocenters. The molecule has 0 aromatic heterocycles. The maximum Gasteiger partial charge on any atom is 0.0787 e. The summed E-state index contributed by atoms with van der Waals surface area (Å²) in [7, 11) is 1.73. The molecule has 0 amide bonds. The number of aliphatic hydroxyl groups is 1. The molecule has 0 unspecified atom stereocenters. The van der Waals surface area contributed by atoms with Gasteiger partial charge in [0.1, 0.15) is 0 Å². The van der Waals surface area contributed by atoms with Crippen LogP contribution in [0, 0.1) is 0 Å². The Morgan fingerprint density at radius 3 is 2.56 bits per heavy atom. The van der Waals surface area contributed by atoms with E-state index in [1.54, 1.807) is 7.11 Å². The second-order valence-electron chi connectivity index (χ2n) is 3.69. The number of hydrogen-bond acceptors (Lipinski definition) is 3. The van der Waals surface area contributed by atoms with Crippen LogP contribution in [-0.4, -0.2) is 24.6 Å². The maximum absolute atomic E-state index is 9.64. The van der Waals surface area contributed by atoms with Crippen LogP contribution in [0.5, 0.6) is 0 Å². The molecule has 0 aliphatic heterocycles. The van der Waals surface area contributed by atoms with E-state index in [9.17, 15) is 5.11 Å². The van der Waals surface area contributed by atoms with Crippen LogP contribution in [0.2, 0.25) is 0 Å². The number of benzene rings is 1. The molecule has 0 fully saturated rings. The third-order valence-corrected chi connectivity index (χ3v) is 3.51. The highest BCUT2D eigenvalue weighted by molar-refractivity contribution is 7.99. The Hall–Kier alpha value is -0.510. The highest BCUT2D eigenvalue weighted by Gasteiger charge is 2.03. The minimum Gasteiger partial charge on any atom is -0.388 e. The van der Waals surface area contributed by atoms with E-state index < -0.39 is 0 Å². The van der Waals surface area contributed by atoms with E-state index in [-0.39, 0.29) is 6.10 Å². The Balaban J connectivity index is 2.39. The summed E-state index contributed by atoms with van der Waals surface area (Å²) in [5, 5.41) is 9.64. The molecule has 1 aromatic carbocycles. The van der Waals surface area contributed by atoms with Gasteiger partial charge in [0.25, 0.3) is 0 Å². The first-order valence-corrected chi connectivity index (χ1v) is 6.66. The van der Waals surface area contributed by atoms with Crippen LogP contribution in [0.15, 0.2) is 29.2 Å². The van der Waals surface area contributed by atoms with Crippen molar-refractivity contribution in [3.8, 4) is 0 Å². The van der Waals surface area contributed by atoms with Crippen molar-refractivity contribution in [3.63, 3.8) is 0 Å². The highest BCUT2D eigenvalue weighted by Crippen LogP contribution is 2.22. The zero-order chi connectivity index (χ0) is 11.8. The second kappa shape index (κ2) is 7.71. The van der Waals surface area contributed by atoms with Crippen LogP contribution < -0.4 is 0 Å². The minimum atomic E-state index is -0.326. The molecule has 0 spiro atoms. The van der Waals surface area contributed by atoms with Gasteiger partial charge < -0.3 is 9.84 Å². The fraction of sp³-hybridized carbons (Fsp3) is 0.538. The number of methoxy groups -OCH3 is 1. The third kappa shape index (κ3) is 4.56. The molecule has 2 nitrogen and oxygen atoms in total. The summed E-state index contributed by atoms with van der Waals surface area (Å²) in [5.41, 5.74) is 1.00. The zero-order valence-electron chi connectivity index (χ0n) is 9.98. The molecule has 16 heavy (non-hydrogen) atoms. The normalized spacial score (nSPS) is 12.7. The first kappa shape index (κ1) is 13.6. The van der Waals surface area contributed by atoms with Crippen LogP contribution >= 0.6 is 11.8 Å². The van der Waals surface area contributed by atoms with Crippen LogP contribution in [0.25, 0.3) is 0 Å². The molecular formula is C13H20O2S.